The highest BCUT2D eigenvalue weighted by molar-refractivity contribution is 7.97. The van der Waals surface area contributed by atoms with E-state index in [1.54, 1.807) is 23.1 Å². The summed E-state index contributed by atoms with van der Waals surface area (Å²) in [6, 6.07) is 8.07. The number of carbonyl (C=O) groups is 1. The fraction of sp³-hybridized carbons (Fsp3) is 0.389. The van der Waals surface area contributed by atoms with Crippen molar-refractivity contribution in [2.45, 2.75) is 24.2 Å². The van der Waals surface area contributed by atoms with Gasteiger partial charge in [0.2, 0.25) is 12.3 Å². The van der Waals surface area contributed by atoms with Crippen molar-refractivity contribution in [3.63, 3.8) is 0 Å². The van der Waals surface area contributed by atoms with Crippen molar-refractivity contribution < 1.29 is 18.0 Å². The van der Waals surface area contributed by atoms with Crippen LogP contribution in [-0.2, 0) is 4.79 Å². The number of halogens is 2. The lowest BCUT2D eigenvalue weighted by Gasteiger charge is -2.22. The van der Waals surface area contributed by atoms with Gasteiger partial charge in [-0.05, 0) is 47.4 Å². The number of carbonyl (C=O) groups excluding carboxylic acids is 1. The van der Waals surface area contributed by atoms with E-state index in [-0.39, 0.29) is 18.7 Å². The summed E-state index contributed by atoms with van der Waals surface area (Å²) >= 11 is 1.70. The van der Waals surface area contributed by atoms with Crippen LogP contribution < -0.4 is 0 Å². The van der Waals surface area contributed by atoms with Crippen molar-refractivity contribution in [1.29, 1.82) is 0 Å². The van der Waals surface area contributed by atoms with Crippen molar-refractivity contribution in [3.05, 3.63) is 41.7 Å². The van der Waals surface area contributed by atoms with Crippen LogP contribution in [0.4, 0.5) is 8.78 Å². The first kappa shape index (κ1) is 16.6. The Hall–Kier alpha value is -1.86. The molecule has 4 nitrogen and oxygen atoms in total. The predicted molar refractivity (Wildman–Crippen MR) is 92.5 cm³/mol. The zero-order chi connectivity index (χ0) is 17.4. The normalized spacial score (nSPS) is 18.0. The summed E-state index contributed by atoms with van der Waals surface area (Å²) in [5.41, 5.74) is 3.38. The van der Waals surface area contributed by atoms with Gasteiger partial charge in [-0.25, -0.2) is 13.1 Å². The molecule has 4 rings (SSSR count). The molecule has 0 aliphatic carbocycles. The van der Waals surface area contributed by atoms with Gasteiger partial charge in [0.25, 0.3) is 0 Å². The van der Waals surface area contributed by atoms with Gasteiger partial charge in [0, 0.05) is 49.3 Å². The molecule has 7 heteroatoms. The van der Waals surface area contributed by atoms with Crippen molar-refractivity contribution in [2.75, 3.05) is 26.2 Å². The van der Waals surface area contributed by atoms with Gasteiger partial charge >= 0.3 is 0 Å². The van der Waals surface area contributed by atoms with Crippen molar-refractivity contribution in [1.82, 2.24) is 9.21 Å². The van der Waals surface area contributed by atoms with Gasteiger partial charge in [0.1, 0.15) is 5.58 Å². The van der Waals surface area contributed by atoms with Gasteiger partial charge in [-0.1, -0.05) is 0 Å². The Kier molecular flexibility index (Phi) is 4.52. The Morgan fingerprint density at radius 2 is 1.92 bits per heavy atom. The fourth-order valence-corrected chi connectivity index (χ4v) is 4.38. The molecule has 132 valence electrons. The van der Waals surface area contributed by atoms with Gasteiger partial charge in [0.05, 0.1) is 6.26 Å². The molecule has 2 aliphatic rings. The Labute approximate surface area is 148 Å². The summed E-state index contributed by atoms with van der Waals surface area (Å²) in [6.07, 6.45) is -1.14. The van der Waals surface area contributed by atoms with E-state index < -0.39 is 6.43 Å². The van der Waals surface area contributed by atoms with E-state index in [0.717, 1.165) is 29.0 Å². The van der Waals surface area contributed by atoms with Gasteiger partial charge in [0.15, 0.2) is 0 Å². The van der Waals surface area contributed by atoms with Crippen LogP contribution in [0.2, 0.25) is 0 Å². The van der Waals surface area contributed by atoms with E-state index >= 15 is 0 Å². The molecule has 0 spiro atoms. The first-order chi connectivity index (χ1) is 12.1. The maximum Gasteiger partial charge on any atom is 0.239 e. The number of hydrogen-bond donors (Lipinski definition) is 0. The Morgan fingerprint density at radius 3 is 2.64 bits per heavy atom. The topological polar surface area (TPSA) is 36.7 Å². The third-order valence-corrected chi connectivity index (χ3v) is 5.57. The highest BCUT2D eigenvalue weighted by atomic mass is 32.2. The molecule has 0 bridgehead atoms. The van der Waals surface area contributed by atoms with Crippen LogP contribution in [0.3, 0.4) is 0 Å². The summed E-state index contributed by atoms with van der Waals surface area (Å²) in [5, 5.41) is 1.08. The third kappa shape index (κ3) is 3.57. The molecular formula is C18H18F2N2O2S. The number of fused-ring (bicyclic) bond motifs is 1. The first-order valence-electron chi connectivity index (χ1n) is 8.24. The largest absolute Gasteiger partial charge is 0.464 e. The minimum absolute atomic E-state index is 0.0681. The SMILES string of the molecule is O=C(CCC(F)F)N1CC2=C(CN(Sc3ccc4occc4c3)C2)C1. The number of furan rings is 1. The van der Waals surface area contributed by atoms with E-state index in [1.165, 1.54) is 11.1 Å². The van der Waals surface area contributed by atoms with E-state index in [1.807, 2.05) is 18.2 Å². The molecule has 2 aromatic rings. The summed E-state index contributed by atoms with van der Waals surface area (Å²) in [4.78, 5) is 14.8. The molecule has 1 amide bonds. The maximum absolute atomic E-state index is 12.3. The third-order valence-electron chi connectivity index (χ3n) is 4.59. The lowest BCUT2D eigenvalue weighted by molar-refractivity contribution is -0.130. The molecule has 0 saturated heterocycles. The molecule has 3 heterocycles. The van der Waals surface area contributed by atoms with Crippen LogP contribution in [-0.4, -0.2) is 47.7 Å². The second kappa shape index (κ2) is 6.80. The second-order valence-corrected chi connectivity index (χ2v) is 7.57. The zero-order valence-corrected chi connectivity index (χ0v) is 14.4. The van der Waals surface area contributed by atoms with Crippen LogP contribution in [0.1, 0.15) is 12.8 Å². The monoisotopic (exact) mass is 364 g/mol. The Bertz CT molecular complexity index is 815. The molecule has 0 fully saturated rings. The van der Waals surface area contributed by atoms with E-state index in [9.17, 15) is 13.6 Å². The molecule has 0 radical (unpaired) electrons. The summed E-state index contributed by atoms with van der Waals surface area (Å²) in [6.45, 7) is 2.77. The lowest BCUT2D eigenvalue weighted by atomic mass is 10.2. The fourth-order valence-electron chi connectivity index (χ4n) is 3.33. The summed E-state index contributed by atoms with van der Waals surface area (Å²) in [7, 11) is 0. The smallest absolute Gasteiger partial charge is 0.239 e. The van der Waals surface area contributed by atoms with Gasteiger partial charge in [-0.2, -0.15) is 0 Å². The number of benzene rings is 1. The molecule has 0 N–H and O–H groups in total. The Morgan fingerprint density at radius 1 is 1.16 bits per heavy atom. The number of rotatable bonds is 5. The maximum atomic E-state index is 12.3. The van der Waals surface area contributed by atoms with Crippen molar-refractivity contribution in [2.24, 2.45) is 0 Å². The number of hydrogen-bond acceptors (Lipinski definition) is 4. The molecule has 1 aromatic carbocycles. The van der Waals surface area contributed by atoms with Crippen LogP contribution >= 0.6 is 11.9 Å². The van der Waals surface area contributed by atoms with Crippen molar-refractivity contribution in [3.8, 4) is 0 Å². The van der Waals surface area contributed by atoms with E-state index in [2.05, 4.69) is 10.4 Å². The van der Waals surface area contributed by atoms with Crippen LogP contribution in [0.25, 0.3) is 11.0 Å². The van der Waals surface area contributed by atoms with Gasteiger partial charge in [-0.3, -0.25) is 4.79 Å². The highest BCUT2D eigenvalue weighted by Crippen LogP contribution is 2.34. The zero-order valence-electron chi connectivity index (χ0n) is 13.6. The number of alkyl halides is 2. The Balaban J connectivity index is 1.31. The minimum Gasteiger partial charge on any atom is -0.464 e. The average molecular weight is 364 g/mol. The second-order valence-electron chi connectivity index (χ2n) is 6.40. The average Bonchev–Trinajstić information content (AvgIpc) is 3.26. The van der Waals surface area contributed by atoms with Crippen LogP contribution in [0, 0.1) is 0 Å². The van der Waals surface area contributed by atoms with Crippen LogP contribution in [0.15, 0.2) is 51.0 Å². The van der Waals surface area contributed by atoms with Crippen LogP contribution in [0.5, 0.6) is 0 Å². The quantitative estimate of drug-likeness (QED) is 0.595. The van der Waals surface area contributed by atoms with Gasteiger partial charge in [-0.15, -0.1) is 0 Å². The standard InChI is InChI=1S/C18H18F2N2O2S/c19-17(20)3-4-18(23)21-8-13-10-22(11-14(13)9-21)25-15-1-2-16-12(7-15)5-6-24-16/h1-2,5-7,17H,3-4,8-11H2. The summed E-state index contributed by atoms with van der Waals surface area (Å²) < 4.78 is 32.1. The molecule has 0 atom stereocenters. The number of nitrogens with zero attached hydrogens (tertiary/aromatic N) is 2. The van der Waals surface area contributed by atoms with Gasteiger partial charge < -0.3 is 9.32 Å². The molecule has 25 heavy (non-hydrogen) atoms. The van der Waals surface area contributed by atoms with E-state index in [4.69, 9.17) is 4.42 Å². The summed E-state index contributed by atoms with van der Waals surface area (Å²) in [5.74, 6) is -0.167. The molecule has 1 aromatic heterocycles. The minimum atomic E-state index is -2.41. The first-order valence-corrected chi connectivity index (χ1v) is 9.02. The number of amides is 1. The molecule has 0 unspecified atom stereocenters. The van der Waals surface area contributed by atoms with Crippen molar-refractivity contribution >= 4 is 28.8 Å². The predicted octanol–water partition coefficient (Wildman–Crippen LogP) is 3.94. The molecule has 0 saturated carbocycles. The lowest BCUT2D eigenvalue weighted by Crippen LogP contribution is -2.32. The molecular weight excluding hydrogens is 346 g/mol. The van der Waals surface area contributed by atoms with E-state index in [0.29, 0.717) is 13.1 Å². The molecule has 2 aliphatic heterocycles. The highest BCUT2D eigenvalue weighted by Gasteiger charge is 2.32.